The smallest absolute Gasteiger partial charge is 0.225 e. The molecule has 2 aromatic heterocycles. The summed E-state index contributed by atoms with van der Waals surface area (Å²) in [5.41, 5.74) is 3.50. The standard InChI is InChI=1S/C10H12N6/c1-2-4-5-3-6-8(7(4)5)11-12-9(6)10-13-15-16-14-10/h4-5,7H,2-3H2,1H3,(H,11,12)(H,13,14,15,16)/t4-,5-,7+/m1/s1. The SMILES string of the molecule is CC[C@@H]1[C@H]2Cc3c(-c4nn[nH]n4)n[nH]c3[C@@H]12. The molecule has 3 atom stereocenters. The van der Waals surface area contributed by atoms with Gasteiger partial charge in [0, 0.05) is 17.2 Å². The van der Waals surface area contributed by atoms with Crippen LogP contribution in [0.25, 0.3) is 11.5 Å². The van der Waals surface area contributed by atoms with E-state index in [4.69, 9.17) is 0 Å². The maximum absolute atomic E-state index is 4.32. The molecule has 1 fully saturated rings. The predicted octanol–water partition coefficient (Wildman–Crippen LogP) is 0.885. The number of rotatable bonds is 2. The number of nitrogens with one attached hydrogen (secondary N) is 2. The van der Waals surface area contributed by atoms with Crippen LogP contribution in [0.2, 0.25) is 0 Å². The topological polar surface area (TPSA) is 83.1 Å². The summed E-state index contributed by atoms with van der Waals surface area (Å²) in [6, 6.07) is 0. The number of hydrogen-bond donors (Lipinski definition) is 2. The lowest BCUT2D eigenvalue weighted by Crippen LogP contribution is -1.93. The lowest BCUT2D eigenvalue weighted by molar-refractivity contribution is 0.670. The summed E-state index contributed by atoms with van der Waals surface area (Å²) in [5, 5.41) is 21.5. The van der Waals surface area contributed by atoms with Gasteiger partial charge in [0.2, 0.25) is 5.82 Å². The van der Waals surface area contributed by atoms with Crippen LogP contribution in [0.1, 0.15) is 30.5 Å². The number of nitrogens with zero attached hydrogens (tertiary/aromatic N) is 4. The molecular weight excluding hydrogens is 204 g/mol. The molecule has 0 bridgehead atoms. The molecule has 2 aliphatic rings. The lowest BCUT2D eigenvalue weighted by Gasteiger charge is -1.99. The van der Waals surface area contributed by atoms with E-state index in [1.807, 2.05) is 0 Å². The van der Waals surface area contributed by atoms with Gasteiger partial charge in [0.25, 0.3) is 0 Å². The van der Waals surface area contributed by atoms with Gasteiger partial charge < -0.3 is 0 Å². The molecule has 6 nitrogen and oxygen atoms in total. The summed E-state index contributed by atoms with van der Waals surface area (Å²) < 4.78 is 0. The fourth-order valence-corrected chi connectivity index (χ4v) is 3.25. The highest BCUT2D eigenvalue weighted by molar-refractivity contribution is 5.59. The van der Waals surface area contributed by atoms with Crippen molar-refractivity contribution >= 4 is 0 Å². The molecular formula is C10H12N6. The summed E-state index contributed by atoms with van der Waals surface area (Å²) in [6.45, 7) is 2.26. The van der Waals surface area contributed by atoms with Crippen molar-refractivity contribution in [1.82, 2.24) is 30.8 Å². The normalized spacial score (nSPS) is 30.2. The van der Waals surface area contributed by atoms with Gasteiger partial charge in [-0.3, -0.25) is 5.10 Å². The van der Waals surface area contributed by atoms with E-state index in [1.165, 1.54) is 17.7 Å². The number of tetrazole rings is 1. The van der Waals surface area contributed by atoms with Crippen molar-refractivity contribution in [3.63, 3.8) is 0 Å². The minimum absolute atomic E-state index is 0.604. The number of hydrogen-bond acceptors (Lipinski definition) is 4. The Labute approximate surface area is 91.8 Å². The second-order valence-electron chi connectivity index (χ2n) is 4.67. The highest BCUT2D eigenvalue weighted by atomic mass is 15.5. The second kappa shape index (κ2) is 2.69. The Hall–Kier alpha value is -1.72. The molecule has 0 aromatic carbocycles. The molecule has 6 heteroatoms. The minimum Gasteiger partial charge on any atom is -0.281 e. The van der Waals surface area contributed by atoms with Crippen LogP contribution in [0.15, 0.2) is 0 Å². The largest absolute Gasteiger partial charge is 0.281 e. The highest BCUT2D eigenvalue weighted by Crippen LogP contribution is 2.63. The first-order valence-corrected chi connectivity index (χ1v) is 5.71. The third kappa shape index (κ3) is 0.874. The van der Waals surface area contributed by atoms with Crippen LogP contribution in [-0.2, 0) is 6.42 Å². The van der Waals surface area contributed by atoms with Gasteiger partial charge in [0.05, 0.1) is 0 Å². The van der Waals surface area contributed by atoms with Crippen molar-refractivity contribution in [2.75, 3.05) is 0 Å². The van der Waals surface area contributed by atoms with E-state index in [9.17, 15) is 0 Å². The Balaban J connectivity index is 1.77. The molecule has 0 saturated heterocycles. The molecule has 0 unspecified atom stereocenters. The number of H-pyrrole nitrogens is 2. The summed E-state index contributed by atoms with van der Waals surface area (Å²) >= 11 is 0. The molecule has 16 heavy (non-hydrogen) atoms. The highest BCUT2D eigenvalue weighted by Gasteiger charge is 2.56. The fourth-order valence-electron chi connectivity index (χ4n) is 3.25. The quantitative estimate of drug-likeness (QED) is 0.780. The number of aromatic amines is 2. The molecule has 1 saturated carbocycles. The molecule has 0 amide bonds. The first-order valence-electron chi connectivity index (χ1n) is 5.71. The van der Waals surface area contributed by atoms with Crippen LogP contribution >= 0.6 is 0 Å². The van der Waals surface area contributed by atoms with Gasteiger partial charge >= 0.3 is 0 Å². The van der Waals surface area contributed by atoms with Crippen molar-refractivity contribution in [3.8, 4) is 11.5 Å². The maximum Gasteiger partial charge on any atom is 0.225 e. The Kier molecular flexibility index (Phi) is 1.42. The zero-order valence-corrected chi connectivity index (χ0v) is 8.94. The first-order chi connectivity index (χ1) is 7.90. The third-order valence-electron chi connectivity index (χ3n) is 4.03. The Bertz CT molecular complexity index is 528. The molecule has 2 aromatic rings. The summed E-state index contributed by atoms with van der Waals surface area (Å²) in [5.74, 6) is 3.02. The van der Waals surface area contributed by atoms with Crippen molar-refractivity contribution in [2.45, 2.75) is 25.7 Å². The first kappa shape index (κ1) is 8.43. The third-order valence-corrected chi connectivity index (χ3v) is 4.03. The molecule has 2 N–H and O–H groups in total. The van der Waals surface area contributed by atoms with E-state index in [0.29, 0.717) is 11.7 Å². The maximum atomic E-state index is 4.32. The average Bonchev–Trinajstić information content (AvgIpc) is 2.73. The van der Waals surface area contributed by atoms with E-state index >= 15 is 0 Å². The molecule has 0 radical (unpaired) electrons. The van der Waals surface area contributed by atoms with Gasteiger partial charge in [-0.1, -0.05) is 13.3 Å². The van der Waals surface area contributed by atoms with E-state index in [0.717, 1.165) is 24.0 Å². The van der Waals surface area contributed by atoms with Gasteiger partial charge in [-0.05, 0) is 23.5 Å². The fraction of sp³-hybridized carbons (Fsp3) is 0.600. The zero-order chi connectivity index (χ0) is 10.7. The molecule has 4 rings (SSSR count). The van der Waals surface area contributed by atoms with Gasteiger partial charge in [0.15, 0.2) is 0 Å². The Morgan fingerprint density at radius 1 is 1.38 bits per heavy atom. The van der Waals surface area contributed by atoms with Crippen LogP contribution in [0.3, 0.4) is 0 Å². The number of aromatic nitrogens is 6. The van der Waals surface area contributed by atoms with Crippen LogP contribution in [-0.4, -0.2) is 30.8 Å². The Morgan fingerprint density at radius 2 is 2.31 bits per heavy atom. The predicted molar refractivity (Wildman–Crippen MR) is 55.5 cm³/mol. The van der Waals surface area contributed by atoms with Gasteiger partial charge in [0.1, 0.15) is 5.69 Å². The second-order valence-corrected chi connectivity index (χ2v) is 4.67. The lowest BCUT2D eigenvalue weighted by atomic mass is 10.0. The van der Waals surface area contributed by atoms with Crippen LogP contribution in [0, 0.1) is 11.8 Å². The van der Waals surface area contributed by atoms with Crippen molar-refractivity contribution < 1.29 is 0 Å². The summed E-state index contributed by atoms with van der Waals surface area (Å²) in [4.78, 5) is 0. The van der Waals surface area contributed by atoms with Gasteiger partial charge in [-0.2, -0.15) is 10.3 Å². The summed E-state index contributed by atoms with van der Waals surface area (Å²) in [6.07, 6.45) is 2.39. The van der Waals surface area contributed by atoms with Crippen LogP contribution in [0.4, 0.5) is 0 Å². The number of fused-ring (bicyclic) bond motifs is 3. The van der Waals surface area contributed by atoms with Crippen molar-refractivity contribution in [2.24, 2.45) is 11.8 Å². The average molecular weight is 216 g/mol. The van der Waals surface area contributed by atoms with Gasteiger partial charge in [-0.15, -0.1) is 10.2 Å². The van der Waals surface area contributed by atoms with E-state index < -0.39 is 0 Å². The molecule has 0 aliphatic heterocycles. The molecule has 2 aliphatic carbocycles. The van der Waals surface area contributed by atoms with E-state index in [-0.39, 0.29) is 0 Å². The van der Waals surface area contributed by atoms with E-state index in [2.05, 4.69) is 37.7 Å². The van der Waals surface area contributed by atoms with Crippen LogP contribution < -0.4 is 0 Å². The minimum atomic E-state index is 0.604. The molecule has 82 valence electrons. The van der Waals surface area contributed by atoms with Crippen LogP contribution in [0.5, 0.6) is 0 Å². The van der Waals surface area contributed by atoms with Crippen molar-refractivity contribution in [1.29, 1.82) is 0 Å². The monoisotopic (exact) mass is 216 g/mol. The summed E-state index contributed by atoms with van der Waals surface area (Å²) in [7, 11) is 0. The van der Waals surface area contributed by atoms with E-state index in [1.54, 1.807) is 0 Å². The molecule has 2 heterocycles. The zero-order valence-electron chi connectivity index (χ0n) is 8.94. The van der Waals surface area contributed by atoms with Gasteiger partial charge in [-0.25, -0.2) is 0 Å². The molecule has 0 spiro atoms. The van der Waals surface area contributed by atoms with Crippen molar-refractivity contribution in [3.05, 3.63) is 11.3 Å². The Morgan fingerprint density at radius 3 is 3.06 bits per heavy atom.